The maximum Gasteiger partial charge on any atom is 0.257 e. The Bertz CT molecular complexity index is 1550. The Morgan fingerprint density at radius 1 is 0.667 bits per heavy atom. The second kappa shape index (κ2) is 22.2. The maximum atomic E-state index is 14.2. The Hall–Kier alpha value is -3.38. The smallest absolute Gasteiger partial charge is 0.257 e. The highest BCUT2D eigenvalue weighted by Crippen LogP contribution is 2.42. The Morgan fingerprint density at radius 3 is 1.69 bits per heavy atom. The maximum absolute atomic E-state index is 14.2. The summed E-state index contributed by atoms with van der Waals surface area (Å²) in [6.45, 7) is 9.07. The number of aliphatic hydroxyl groups is 1. The average molecular weight is 761 g/mol. The highest BCUT2D eigenvalue weighted by molar-refractivity contribution is 5.94. The number of ether oxygens (including phenoxy) is 2. The highest BCUT2D eigenvalue weighted by atomic mass is 19.2. The fraction of sp³-hybridized carbons (Fsp3) is 0.558. The SMILES string of the molecule is CCCCCCCCN(CCCCCCCC)C[C@H]1O[C@@H](c2ccc(CNC(=O)c3c(F)c(F)c(F)c(F)c3F)cc2)O[C@@H](c2ccc(CO)cc2)[C@H]1C. The molecule has 4 atom stereocenters. The minimum absolute atomic E-state index is 0.00856. The highest BCUT2D eigenvalue weighted by Gasteiger charge is 2.39. The molecule has 1 heterocycles. The number of nitrogens with zero attached hydrogens (tertiary/aromatic N) is 1. The zero-order valence-corrected chi connectivity index (χ0v) is 32.0. The van der Waals surface area contributed by atoms with Gasteiger partial charge in [-0.1, -0.05) is 134 Å². The molecule has 0 aliphatic carbocycles. The van der Waals surface area contributed by atoms with Crippen molar-refractivity contribution in [2.24, 2.45) is 5.92 Å². The van der Waals surface area contributed by atoms with Crippen LogP contribution in [0.4, 0.5) is 22.0 Å². The zero-order chi connectivity index (χ0) is 39.0. The van der Waals surface area contributed by atoms with E-state index in [1.54, 1.807) is 24.3 Å². The van der Waals surface area contributed by atoms with Gasteiger partial charge >= 0.3 is 0 Å². The number of unbranched alkanes of at least 4 members (excludes halogenated alkanes) is 10. The van der Waals surface area contributed by atoms with E-state index in [-0.39, 0.29) is 31.3 Å². The number of hydrogen-bond donors (Lipinski definition) is 2. The third kappa shape index (κ3) is 12.1. The third-order valence-corrected chi connectivity index (χ3v) is 10.4. The van der Waals surface area contributed by atoms with Crippen molar-refractivity contribution < 1.29 is 41.3 Å². The van der Waals surface area contributed by atoms with Crippen LogP contribution in [0.5, 0.6) is 0 Å². The quantitative estimate of drug-likeness (QED) is 0.0462. The molecule has 4 rings (SSSR count). The number of carbonyl (C=O) groups excluding carboxylic acids is 1. The van der Waals surface area contributed by atoms with E-state index in [1.165, 1.54) is 64.2 Å². The van der Waals surface area contributed by atoms with Crippen LogP contribution in [0.3, 0.4) is 0 Å². The number of amides is 1. The first kappa shape index (κ1) is 43.3. The fourth-order valence-corrected chi connectivity index (χ4v) is 6.98. The van der Waals surface area contributed by atoms with Crippen LogP contribution in [-0.2, 0) is 22.6 Å². The molecule has 2 N–H and O–H groups in total. The molecule has 54 heavy (non-hydrogen) atoms. The van der Waals surface area contributed by atoms with Gasteiger partial charge in [0.2, 0.25) is 5.82 Å². The van der Waals surface area contributed by atoms with E-state index in [0.29, 0.717) is 5.56 Å². The molecular formula is C43H57F5N2O4. The minimum atomic E-state index is -2.33. The lowest BCUT2D eigenvalue weighted by Gasteiger charge is -2.43. The van der Waals surface area contributed by atoms with E-state index in [9.17, 15) is 31.9 Å². The lowest BCUT2D eigenvalue weighted by atomic mass is 9.90. The summed E-state index contributed by atoms with van der Waals surface area (Å²) >= 11 is 0. The second-order valence-electron chi connectivity index (χ2n) is 14.5. The molecule has 0 saturated carbocycles. The van der Waals surface area contributed by atoms with Crippen LogP contribution < -0.4 is 5.32 Å². The molecular weight excluding hydrogens is 703 g/mol. The van der Waals surface area contributed by atoms with Gasteiger partial charge in [-0.15, -0.1) is 0 Å². The zero-order valence-electron chi connectivity index (χ0n) is 32.0. The van der Waals surface area contributed by atoms with E-state index in [2.05, 4.69) is 31.0 Å². The first-order valence-electron chi connectivity index (χ1n) is 19.7. The van der Waals surface area contributed by atoms with Gasteiger partial charge in [0, 0.05) is 24.6 Å². The summed E-state index contributed by atoms with van der Waals surface area (Å²) in [4.78, 5) is 15.0. The van der Waals surface area contributed by atoms with Gasteiger partial charge in [0.25, 0.3) is 5.91 Å². The van der Waals surface area contributed by atoms with Crippen molar-refractivity contribution in [2.75, 3.05) is 19.6 Å². The van der Waals surface area contributed by atoms with Gasteiger partial charge in [0.1, 0.15) is 5.56 Å². The minimum Gasteiger partial charge on any atom is -0.392 e. The molecule has 1 saturated heterocycles. The summed E-state index contributed by atoms with van der Waals surface area (Å²) in [5, 5.41) is 11.9. The number of aliphatic hydroxyl groups excluding tert-OH is 1. The number of benzene rings is 3. The first-order chi connectivity index (χ1) is 26.1. The predicted octanol–water partition coefficient (Wildman–Crippen LogP) is 10.6. The molecule has 298 valence electrons. The summed E-state index contributed by atoms with van der Waals surface area (Å²) in [5.74, 6) is -12.5. The van der Waals surface area contributed by atoms with E-state index in [1.807, 2.05) is 24.3 Å². The molecule has 0 unspecified atom stereocenters. The number of nitrogens with one attached hydrogen (secondary N) is 1. The van der Waals surface area contributed by atoms with Crippen molar-refractivity contribution in [3.63, 3.8) is 0 Å². The molecule has 1 fully saturated rings. The van der Waals surface area contributed by atoms with Crippen molar-refractivity contribution in [1.29, 1.82) is 0 Å². The summed E-state index contributed by atoms with van der Waals surface area (Å²) in [7, 11) is 0. The standard InChI is InChI=1S/C43H57F5N2O4/c1-4-6-8-10-12-14-24-50(25-15-13-11-9-7-5-2)27-34-29(3)41(32-20-18-31(28-51)19-21-32)54-43(53-34)33-22-16-30(17-23-33)26-49-42(52)35-36(44)38(46)40(48)39(47)37(35)45/h16-23,29,34,41,43,51H,4-15,24-28H2,1-3H3,(H,49,52)/t29-,34+,41+,43+/m0/s1. The van der Waals surface area contributed by atoms with Gasteiger partial charge < -0.3 is 24.8 Å². The molecule has 1 aliphatic heterocycles. The summed E-state index contributed by atoms with van der Waals surface area (Å²) in [5.41, 5.74) is 1.49. The Labute approximate surface area is 317 Å². The van der Waals surface area contributed by atoms with Crippen LogP contribution in [-0.4, -0.2) is 41.7 Å². The molecule has 11 heteroatoms. The molecule has 1 aliphatic rings. The summed E-state index contributed by atoms with van der Waals surface area (Å²) in [6, 6.07) is 14.7. The van der Waals surface area contributed by atoms with Crippen LogP contribution in [0.15, 0.2) is 48.5 Å². The number of halogens is 5. The van der Waals surface area contributed by atoms with Gasteiger partial charge in [-0.2, -0.15) is 0 Å². The second-order valence-corrected chi connectivity index (χ2v) is 14.5. The van der Waals surface area contributed by atoms with Crippen LogP contribution in [0.25, 0.3) is 0 Å². The fourth-order valence-electron chi connectivity index (χ4n) is 6.98. The van der Waals surface area contributed by atoms with E-state index in [0.717, 1.165) is 49.2 Å². The van der Waals surface area contributed by atoms with E-state index in [4.69, 9.17) is 9.47 Å². The normalized spacial score (nSPS) is 18.7. The van der Waals surface area contributed by atoms with Crippen molar-refractivity contribution in [2.45, 2.75) is 129 Å². The van der Waals surface area contributed by atoms with Crippen molar-refractivity contribution in [3.8, 4) is 0 Å². The van der Waals surface area contributed by atoms with E-state index >= 15 is 0 Å². The third-order valence-electron chi connectivity index (χ3n) is 10.4. The number of rotatable bonds is 22. The first-order valence-corrected chi connectivity index (χ1v) is 19.7. The van der Waals surface area contributed by atoms with Crippen LogP contribution in [0, 0.1) is 35.0 Å². The van der Waals surface area contributed by atoms with Gasteiger partial charge in [-0.25, -0.2) is 22.0 Å². The number of hydrogen-bond acceptors (Lipinski definition) is 5. The molecule has 3 aromatic carbocycles. The Balaban J connectivity index is 1.49. The van der Waals surface area contributed by atoms with Crippen molar-refractivity contribution >= 4 is 5.91 Å². The van der Waals surface area contributed by atoms with Gasteiger partial charge in [0.15, 0.2) is 29.6 Å². The van der Waals surface area contributed by atoms with Crippen molar-refractivity contribution in [1.82, 2.24) is 10.2 Å². The predicted molar refractivity (Wildman–Crippen MR) is 200 cm³/mol. The molecule has 1 amide bonds. The van der Waals surface area contributed by atoms with Gasteiger partial charge in [0.05, 0.1) is 18.8 Å². The Morgan fingerprint density at radius 2 is 1.15 bits per heavy atom. The molecule has 3 aromatic rings. The molecule has 6 nitrogen and oxygen atoms in total. The number of carbonyl (C=O) groups is 1. The van der Waals surface area contributed by atoms with E-state index < -0.39 is 46.8 Å². The van der Waals surface area contributed by atoms with Crippen LogP contribution >= 0.6 is 0 Å². The van der Waals surface area contributed by atoms with Gasteiger partial charge in [-0.05, 0) is 42.6 Å². The Kier molecular flexibility index (Phi) is 17.9. The average Bonchev–Trinajstić information content (AvgIpc) is 3.19. The lowest BCUT2D eigenvalue weighted by Crippen LogP contribution is -2.45. The monoisotopic (exact) mass is 760 g/mol. The molecule has 0 bridgehead atoms. The van der Waals surface area contributed by atoms with Gasteiger partial charge in [-0.3, -0.25) is 4.79 Å². The summed E-state index contributed by atoms with van der Waals surface area (Å²) in [6.07, 6.45) is 13.5. The topological polar surface area (TPSA) is 71.0 Å². The van der Waals surface area contributed by atoms with Crippen LogP contribution in [0.1, 0.15) is 143 Å². The van der Waals surface area contributed by atoms with Crippen LogP contribution in [0.2, 0.25) is 0 Å². The molecule has 0 aromatic heterocycles. The summed E-state index contributed by atoms with van der Waals surface area (Å²) < 4.78 is 82.5. The lowest BCUT2D eigenvalue weighted by molar-refractivity contribution is -0.276. The van der Waals surface area contributed by atoms with Crippen molar-refractivity contribution in [3.05, 3.63) is 105 Å². The largest absolute Gasteiger partial charge is 0.392 e. The molecule has 0 spiro atoms. The molecule has 0 radical (unpaired) electrons.